The first-order chi connectivity index (χ1) is 69.6. The van der Waals surface area contributed by atoms with Gasteiger partial charge in [0.15, 0.2) is 50.3 Å². The van der Waals surface area contributed by atoms with Gasteiger partial charge in [0.05, 0.1) is 91.5 Å². The Labute approximate surface area is 835 Å². The predicted molar refractivity (Wildman–Crippen MR) is 445 cm³/mol. The van der Waals surface area contributed by atoms with Gasteiger partial charge < -0.3 is 305 Å². The van der Waals surface area contributed by atoms with Crippen molar-refractivity contribution in [2.45, 2.75) is 343 Å². The van der Waals surface area contributed by atoms with Gasteiger partial charge in [-0.2, -0.15) is 4.31 Å². The summed E-state index contributed by atoms with van der Waals surface area (Å²) >= 11 is 0. The lowest BCUT2D eigenvalue weighted by Crippen LogP contribution is -2.70. The van der Waals surface area contributed by atoms with E-state index in [9.17, 15) is 231 Å². The lowest BCUT2D eigenvalue weighted by molar-refractivity contribution is -0.409. The number of carboxylic acids is 2. The second-order valence-electron chi connectivity index (χ2n) is 35.4. The highest BCUT2D eigenvalue weighted by Gasteiger charge is 2.67. The number of aliphatic hydroxyl groups excluding tert-OH is 32. The summed E-state index contributed by atoms with van der Waals surface area (Å²) in [6.07, 6.45) is -142. The minimum absolute atomic E-state index is 0.502. The Hall–Kier alpha value is -2.74. The molecule has 0 aromatic carbocycles. The monoisotopic (exact) mass is 2280 g/mol. The van der Waals surface area contributed by atoms with Crippen molar-refractivity contribution >= 4 is 43.2 Å². The number of phosphoric acid groups is 4. The standard InChI is InChI=1S/C72H128N2O71P4/c73-1-3-124-147(115,116)142-26(13-81)53-29(88)17(82)5-72(141-53,70(109)110)139-23-6-71(111,69(107)108)140-52(21(86)10-78)54(23)134-66-47(106)57(60(50(132-66)20(85)9-77)144-149(119,120)145-148(117,118)125-4-2-74)137-67-46(105)56(59(143-146(112,113)114)51(133-67)22(87)14-121-62-42(101)36(95)39(98)48(130-62)18(83)7-75)136-65-45(104)55(33(92)28(129-65)16-122-61-41(100)34(93)30(89)24(11-79)126-61)135-68-58(38(97)31(90)25(12-80)127-68)138-64-44(103)35(94)32(91)27(128-64)15-123-63-43(102)37(96)40(99)49(131-63)19(84)8-76/h17-68,75-106,111H,1-16,73-74H2,(H,107,108)(H,109,110)(H,115,116)(H,117,118)(H,119,120)(H2,112,113,114)/t17-,18+,19+,20+,21-,22+,23-,24-,25-,26-,27-,28-,29-,30+,31-,32-,33-,34+,35+,36+,37+,38+,39+,40+,41-,42+,43+,44-,45-,46+,47+,48-,49-,50-,51-,52-,53-,54-,55+,56-,57-,58-,59-,60-,61+,62+,63+,64-,65-,66-,67-,68-,71-,72-/m1/s1. The van der Waals surface area contributed by atoms with Crippen molar-refractivity contribution in [3.63, 3.8) is 0 Å². The zero-order valence-electron chi connectivity index (χ0n) is 76.8. The maximum Gasteiger partial charge on any atom is 0.481 e. The molecule has 44 N–H and O–H groups in total. The Balaban J connectivity index is 1.12. The molecular weight excluding hydrogens is 2150 g/mol. The van der Waals surface area contributed by atoms with Crippen LogP contribution < -0.4 is 11.5 Å². The van der Waals surface area contributed by atoms with Crippen molar-refractivity contribution in [1.29, 1.82) is 0 Å². The molecule has 0 radical (unpaired) electrons. The third kappa shape index (κ3) is 30.2. The third-order valence-electron chi connectivity index (χ3n) is 25.0. The van der Waals surface area contributed by atoms with E-state index in [1.54, 1.807) is 0 Å². The van der Waals surface area contributed by atoms with Gasteiger partial charge in [0.25, 0.3) is 11.6 Å². The molecule has 0 amide bonds. The zero-order valence-corrected chi connectivity index (χ0v) is 80.4. The van der Waals surface area contributed by atoms with E-state index in [4.69, 9.17) is 115 Å². The summed E-state index contributed by atoms with van der Waals surface area (Å²) in [6.45, 7) is -17.6. The summed E-state index contributed by atoms with van der Waals surface area (Å²) in [5.74, 6) is -12.9. The Morgan fingerprint density at radius 2 is 0.725 bits per heavy atom. The molecule has 10 saturated heterocycles. The Morgan fingerprint density at radius 1 is 0.342 bits per heavy atom. The topological polar surface area (TPSA) is 1190 Å². The molecule has 3 unspecified atom stereocenters. The smallest absolute Gasteiger partial charge is 0.477 e. The normalized spacial score (nSPS) is 45.8. The molecule has 57 atom stereocenters. The van der Waals surface area contributed by atoms with Crippen molar-refractivity contribution in [3.05, 3.63) is 0 Å². The van der Waals surface area contributed by atoms with Crippen LogP contribution in [0.25, 0.3) is 0 Å². The molecule has 77 heteroatoms. The fourth-order valence-electron chi connectivity index (χ4n) is 17.2. The Morgan fingerprint density at radius 3 is 1.20 bits per heavy atom. The summed E-state index contributed by atoms with van der Waals surface area (Å²) in [7, 11) is -25.1. The first kappa shape index (κ1) is 128. The molecule has 0 saturated carbocycles. The molecule has 10 aliphatic heterocycles. The average Bonchev–Trinajstić information content (AvgIpc) is 0.744. The van der Waals surface area contributed by atoms with Crippen molar-refractivity contribution in [1.82, 2.24) is 0 Å². The fraction of sp³-hybridized carbons (Fsp3) is 0.972. The summed E-state index contributed by atoms with van der Waals surface area (Å²) in [5, 5.41) is 392. The van der Waals surface area contributed by atoms with Crippen LogP contribution in [0.1, 0.15) is 12.8 Å². The molecule has 872 valence electrons. The van der Waals surface area contributed by atoms with Crippen molar-refractivity contribution in [2.24, 2.45) is 11.5 Å². The van der Waals surface area contributed by atoms with Crippen LogP contribution >= 0.6 is 31.3 Å². The quantitative estimate of drug-likeness (QED) is 0.0252. The predicted octanol–water partition coefficient (Wildman–Crippen LogP) is -25.2. The van der Waals surface area contributed by atoms with Crippen LogP contribution in [0.3, 0.4) is 0 Å². The van der Waals surface area contributed by atoms with Gasteiger partial charge in [-0.15, -0.1) is 0 Å². The van der Waals surface area contributed by atoms with Gasteiger partial charge in [0.1, 0.15) is 256 Å². The summed E-state index contributed by atoms with van der Waals surface area (Å²) < 4.78 is 193. The van der Waals surface area contributed by atoms with Gasteiger partial charge in [0, 0.05) is 25.9 Å². The van der Waals surface area contributed by atoms with E-state index < -0.39 is 479 Å². The van der Waals surface area contributed by atoms with E-state index in [1.807, 2.05) is 0 Å². The summed E-state index contributed by atoms with van der Waals surface area (Å²) in [4.78, 5) is 81.7. The zero-order chi connectivity index (χ0) is 111. The summed E-state index contributed by atoms with van der Waals surface area (Å²) in [6, 6.07) is 0. The first-order valence-electron chi connectivity index (χ1n) is 45.0. The number of aliphatic hydroxyl groups is 33. The van der Waals surface area contributed by atoms with Gasteiger partial charge in [-0.1, -0.05) is 0 Å². The number of aliphatic carboxylic acids is 2. The molecule has 0 bridgehead atoms. The van der Waals surface area contributed by atoms with Crippen LogP contribution in [0.2, 0.25) is 0 Å². The van der Waals surface area contributed by atoms with Crippen molar-refractivity contribution < 1.29 is 348 Å². The van der Waals surface area contributed by atoms with E-state index in [-0.39, 0.29) is 0 Å². The molecule has 0 aliphatic carbocycles. The van der Waals surface area contributed by atoms with Crippen LogP contribution in [0.15, 0.2) is 0 Å². The number of ether oxygens (including phenoxy) is 19. The van der Waals surface area contributed by atoms with E-state index >= 15 is 0 Å². The maximum atomic E-state index is 14.5. The van der Waals surface area contributed by atoms with Crippen molar-refractivity contribution in [2.75, 3.05) is 92.4 Å². The molecule has 0 aromatic heterocycles. The van der Waals surface area contributed by atoms with E-state index in [0.29, 0.717) is 0 Å². The van der Waals surface area contributed by atoms with Gasteiger partial charge in [-0.05, 0) is 0 Å². The van der Waals surface area contributed by atoms with E-state index in [2.05, 4.69) is 13.4 Å². The highest BCUT2D eigenvalue weighted by molar-refractivity contribution is 7.61. The second-order valence-corrected chi connectivity index (χ2v) is 41.0. The number of carboxylic acid groups (broad SMARTS) is 2. The molecule has 0 spiro atoms. The number of nitrogens with two attached hydrogens (primary N) is 2. The number of rotatable bonds is 50. The molecule has 10 heterocycles. The van der Waals surface area contributed by atoms with Crippen LogP contribution in [0, 0.1) is 0 Å². The largest absolute Gasteiger partial charge is 0.481 e. The minimum Gasteiger partial charge on any atom is -0.477 e. The summed E-state index contributed by atoms with van der Waals surface area (Å²) in [5.41, 5.74) is 10.7. The molecule has 149 heavy (non-hydrogen) atoms. The second kappa shape index (κ2) is 54.2. The maximum absolute atomic E-state index is 14.5. The lowest BCUT2D eigenvalue weighted by atomic mass is 9.89. The van der Waals surface area contributed by atoms with Crippen LogP contribution in [0.4, 0.5) is 0 Å². The lowest BCUT2D eigenvalue weighted by Gasteiger charge is -2.52. The highest BCUT2D eigenvalue weighted by atomic mass is 31.3. The fourth-order valence-corrected chi connectivity index (χ4v) is 21.0. The van der Waals surface area contributed by atoms with Gasteiger partial charge in [-0.3, -0.25) is 22.6 Å². The SMILES string of the molecule is NCCOP(=O)(O)O[C@H](CO)[C@H]1O[C@@](O[C@@H]2C[C@](O)(C(=O)O)O[C@H]([C@H](O)CO)[C@@H]2O[C@H]2O[C@H]([C@@H](O)CO)[C@@H](OP(=O)(O)OP(=O)(O)OCCN)[C@H](O[C@H]3O[C@H]([C@@H](O)CO[C@H]4O[C@H]([C@@H](O)CO)[C@@H](O)[C@H](O)[C@@H]4O)[C@@H](OP(=O)(O)O)[C@H](O[C@H]4O[C@H](CO[C@H]5O[C@H](CO)[C@H](O)[C@H](O)[C@H]5O)[C@@H](O)[C@H](O[C@H]5O[C@H](CO)[C@@H](O)[C@H](O)[C@H]5O[C@H]5O[C@H](CO[C@H]6O[C@H]([C@@H](O)CO)[C@@H](O)[C@H](O)[C@@H]6O)[C@@H](O)[C@H](O)[C@H]5O)[C@H]4O)[C@@H]3O)[C@@H]2O)(C(=O)O)C[C@@H](O)[C@H]1O. The minimum atomic E-state index is -6.81. The molecule has 10 aliphatic rings. The molecule has 73 nitrogen and oxygen atoms in total. The number of hydrogen-bond acceptors (Lipinski definition) is 66. The average molecular weight is 2280 g/mol. The van der Waals surface area contributed by atoms with E-state index in [0.717, 1.165) is 0 Å². The first-order valence-corrected chi connectivity index (χ1v) is 51.0. The van der Waals surface area contributed by atoms with Crippen LogP contribution in [-0.4, -0.2) is 638 Å². The molecular formula is C72H128N2O71P4. The van der Waals surface area contributed by atoms with E-state index in [1.165, 1.54) is 0 Å². The molecule has 0 aromatic rings. The van der Waals surface area contributed by atoms with Gasteiger partial charge in [0.2, 0.25) is 0 Å². The van der Waals surface area contributed by atoms with Gasteiger partial charge in [-0.25, -0.2) is 27.8 Å². The van der Waals surface area contributed by atoms with Crippen LogP contribution in [0.5, 0.6) is 0 Å². The Bertz CT molecular complexity index is 4340. The number of carbonyl (C=O) groups is 2. The third-order valence-corrected chi connectivity index (χ3v) is 29.2. The highest BCUT2D eigenvalue weighted by Crippen LogP contribution is 2.62. The number of hydrogen-bond donors (Lipinski definition) is 42. The van der Waals surface area contributed by atoms with Crippen LogP contribution in [-0.2, 0) is 145 Å². The number of phosphoric ester groups is 4. The van der Waals surface area contributed by atoms with Gasteiger partial charge >= 0.3 is 43.2 Å². The molecule has 10 rings (SSSR count). The Kier molecular flexibility index (Phi) is 46.5. The van der Waals surface area contributed by atoms with Crippen molar-refractivity contribution in [3.8, 4) is 0 Å². The molecule has 10 fully saturated rings.